The third-order valence-corrected chi connectivity index (χ3v) is 4.82. The molecule has 0 N–H and O–H groups in total. The lowest BCUT2D eigenvalue weighted by atomic mass is 10.1. The van der Waals surface area contributed by atoms with E-state index in [2.05, 4.69) is 0 Å². The molecule has 1 aliphatic rings. The Labute approximate surface area is 181 Å². The summed E-state index contributed by atoms with van der Waals surface area (Å²) in [6.45, 7) is 2.69. The molecule has 7 heteroatoms. The number of hydrogen-bond acceptors (Lipinski definition) is 6. The lowest BCUT2D eigenvalue weighted by Crippen LogP contribution is -2.23. The maximum Gasteiger partial charge on any atom is 0.331 e. The van der Waals surface area contributed by atoms with E-state index in [0.29, 0.717) is 36.6 Å². The number of carbonyl (C=O) groups is 3. The highest BCUT2D eigenvalue weighted by atomic mass is 16.5. The van der Waals surface area contributed by atoms with Crippen molar-refractivity contribution in [3.05, 3.63) is 59.7 Å². The van der Waals surface area contributed by atoms with Crippen molar-refractivity contribution < 1.29 is 28.6 Å². The lowest BCUT2D eigenvalue weighted by Gasteiger charge is -2.15. The van der Waals surface area contributed by atoms with Gasteiger partial charge in [-0.05, 0) is 61.4 Å². The van der Waals surface area contributed by atoms with Gasteiger partial charge in [-0.25, -0.2) is 4.79 Å². The smallest absolute Gasteiger partial charge is 0.331 e. The van der Waals surface area contributed by atoms with E-state index in [0.717, 1.165) is 17.7 Å². The van der Waals surface area contributed by atoms with Crippen LogP contribution in [0, 0.1) is 0 Å². The molecule has 2 aromatic rings. The van der Waals surface area contributed by atoms with Crippen LogP contribution in [0.5, 0.6) is 11.5 Å². The van der Waals surface area contributed by atoms with E-state index >= 15 is 0 Å². The van der Waals surface area contributed by atoms with Crippen LogP contribution in [0.4, 0.5) is 5.69 Å². The van der Waals surface area contributed by atoms with Gasteiger partial charge in [-0.1, -0.05) is 6.07 Å². The van der Waals surface area contributed by atoms with Crippen molar-refractivity contribution in [2.75, 3.05) is 31.8 Å². The fraction of sp³-hybridized carbons (Fsp3) is 0.292. The number of esters is 1. The molecular formula is C24H25NO6. The van der Waals surface area contributed by atoms with Gasteiger partial charge in [0.15, 0.2) is 23.9 Å². The zero-order chi connectivity index (χ0) is 22.2. The second-order valence-electron chi connectivity index (χ2n) is 6.90. The molecule has 1 heterocycles. The molecule has 0 unspecified atom stereocenters. The lowest BCUT2D eigenvalue weighted by molar-refractivity contribution is -0.136. The Hall–Kier alpha value is -3.61. The SMILES string of the molecule is CCOc1cc(/C=C/C(=O)OCC(=O)c2ccc(N3CCCC3=O)cc2)ccc1OC. The van der Waals surface area contributed by atoms with Crippen LogP contribution in [0.2, 0.25) is 0 Å². The van der Waals surface area contributed by atoms with Gasteiger partial charge in [0.25, 0.3) is 0 Å². The van der Waals surface area contributed by atoms with Gasteiger partial charge in [0, 0.05) is 30.3 Å². The summed E-state index contributed by atoms with van der Waals surface area (Å²) in [5.74, 6) is 0.331. The minimum atomic E-state index is -0.624. The van der Waals surface area contributed by atoms with E-state index in [1.807, 2.05) is 6.92 Å². The van der Waals surface area contributed by atoms with E-state index < -0.39 is 5.97 Å². The second-order valence-corrected chi connectivity index (χ2v) is 6.90. The van der Waals surface area contributed by atoms with Crippen LogP contribution >= 0.6 is 0 Å². The maximum atomic E-state index is 12.3. The molecule has 1 aliphatic heterocycles. The Morgan fingerprint density at radius 1 is 1.10 bits per heavy atom. The van der Waals surface area contributed by atoms with Crippen molar-refractivity contribution >= 4 is 29.4 Å². The Kier molecular flexibility index (Phi) is 7.43. The molecule has 2 aromatic carbocycles. The summed E-state index contributed by atoms with van der Waals surface area (Å²) < 4.78 is 15.8. The Morgan fingerprint density at radius 2 is 1.87 bits per heavy atom. The number of rotatable bonds is 9. The summed E-state index contributed by atoms with van der Waals surface area (Å²) in [5.41, 5.74) is 1.92. The van der Waals surface area contributed by atoms with E-state index in [9.17, 15) is 14.4 Å². The quantitative estimate of drug-likeness (QED) is 0.348. The number of carbonyl (C=O) groups excluding carboxylic acids is 3. The van der Waals surface area contributed by atoms with Crippen LogP contribution in [0.25, 0.3) is 6.08 Å². The van der Waals surface area contributed by atoms with E-state index in [4.69, 9.17) is 14.2 Å². The second kappa shape index (κ2) is 10.4. The first-order chi connectivity index (χ1) is 15.0. The average Bonchev–Trinajstić information content (AvgIpc) is 3.22. The van der Waals surface area contributed by atoms with E-state index in [1.54, 1.807) is 60.6 Å². The average molecular weight is 423 g/mol. The molecule has 0 aliphatic carbocycles. The standard InChI is InChI=1S/C24H25NO6/c1-3-30-22-15-17(6-12-21(22)29-2)7-13-24(28)31-16-20(26)18-8-10-19(11-9-18)25-14-4-5-23(25)27/h6-13,15H,3-5,14,16H2,1-2H3/b13-7+. The van der Waals surface area contributed by atoms with E-state index in [1.165, 1.54) is 6.08 Å². The molecule has 7 nitrogen and oxygen atoms in total. The van der Waals surface area contributed by atoms with Crippen molar-refractivity contribution in [1.82, 2.24) is 0 Å². The van der Waals surface area contributed by atoms with Gasteiger partial charge in [0.2, 0.25) is 5.91 Å². The fourth-order valence-electron chi connectivity index (χ4n) is 3.25. The minimum absolute atomic E-state index is 0.0880. The Morgan fingerprint density at radius 3 is 2.52 bits per heavy atom. The number of benzene rings is 2. The van der Waals surface area contributed by atoms with Crippen LogP contribution in [0.15, 0.2) is 48.5 Å². The van der Waals surface area contributed by atoms with Crippen molar-refractivity contribution in [3.63, 3.8) is 0 Å². The first-order valence-corrected chi connectivity index (χ1v) is 10.1. The summed E-state index contributed by atoms with van der Waals surface area (Å²) in [5, 5.41) is 0. The molecule has 31 heavy (non-hydrogen) atoms. The summed E-state index contributed by atoms with van der Waals surface area (Å²) in [4.78, 5) is 37.8. The van der Waals surface area contributed by atoms with Crippen LogP contribution < -0.4 is 14.4 Å². The van der Waals surface area contributed by atoms with Crippen LogP contribution in [-0.4, -0.2) is 44.5 Å². The van der Waals surface area contributed by atoms with E-state index in [-0.39, 0.29) is 18.3 Å². The van der Waals surface area contributed by atoms with Crippen LogP contribution in [0.3, 0.4) is 0 Å². The zero-order valence-electron chi connectivity index (χ0n) is 17.6. The summed E-state index contributed by atoms with van der Waals surface area (Å²) in [7, 11) is 1.56. The Bertz CT molecular complexity index is 980. The van der Waals surface area contributed by atoms with Crippen molar-refractivity contribution in [2.45, 2.75) is 19.8 Å². The largest absolute Gasteiger partial charge is 0.493 e. The molecule has 0 spiro atoms. The minimum Gasteiger partial charge on any atom is -0.493 e. The molecular weight excluding hydrogens is 398 g/mol. The molecule has 1 saturated heterocycles. The first kappa shape index (κ1) is 22.1. The third-order valence-electron chi connectivity index (χ3n) is 4.82. The molecule has 1 fully saturated rings. The predicted molar refractivity (Wildman–Crippen MR) is 117 cm³/mol. The number of nitrogens with zero attached hydrogens (tertiary/aromatic N) is 1. The normalized spacial score (nSPS) is 13.5. The highest BCUT2D eigenvalue weighted by Crippen LogP contribution is 2.28. The molecule has 3 rings (SSSR count). The topological polar surface area (TPSA) is 82.1 Å². The molecule has 0 aromatic heterocycles. The highest BCUT2D eigenvalue weighted by Gasteiger charge is 2.21. The van der Waals surface area contributed by atoms with Crippen LogP contribution in [-0.2, 0) is 14.3 Å². The number of hydrogen-bond donors (Lipinski definition) is 0. The Balaban J connectivity index is 1.54. The van der Waals surface area contributed by atoms with Gasteiger partial charge in [0.1, 0.15) is 0 Å². The number of amides is 1. The van der Waals surface area contributed by atoms with Gasteiger partial charge < -0.3 is 19.1 Å². The number of methoxy groups -OCH3 is 1. The van der Waals surface area contributed by atoms with Gasteiger partial charge in [-0.3, -0.25) is 9.59 Å². The van der Waals surface area contributed by atoms with Gasteiger partial charge >= 0.3 is 5.97 Å². The molecule has 162 valence electrons. The molecule has 0 radical (unpaired) electrons. The predicted octanol–water partition coefficient (Wildman–Crippen LogP) is 3.66. The summed E-state index contributed by atoms with van der Waals surface area (Å²) in [6.07, 6.45) is 4.23. The molecule has 1 amide bonds. The number of ketones is 1. The highest BCUT2D eigenvalue weighted by molar-refractivity contribution is 6.00. The molecule has 0 saturated carbocycles. The molecule has 0 bridgehead atoms. The monoisotopic (exact) mass is 423 g/mol. The van der Waals surface area contributed by atoms with Crippen molar-refractivity contribution in [2.24, 2.45) is 0 Å². The third kappa shape index (κ3) is 5.72. The molecule has 0 atom stereocenters. The van der Waals surface area contributed by atoms with Gasteiger partial charge in [-0.2, -0.15) is 0 Å². The van der Waals surface area contributed by atoms with Gasteiger partial charge in [-0.15, -0.1) is 0 Å². The van der Waals surface area contributed by atoms with Crippen LogP contribution in [0.1, 0.15) is 35.7 Å². The number of ether oxygens (including phenoxy) is 3. The number of Topliss-reactive ketones (excluding diaryl/α,β-unsaturated/α-hetero) is 1. The maximum absolute atomic E-state index is 12.3. The fourth-order valence-corrected chi connectivity index (χ4v) is 3.25. The first-order valence-electron chi connectivity index (χ1n) is 10.1. The summed E-state index contributed by atoms with van der Waals surface area (Å²) >= 11 is 0. The number of anilines is 1. The van der Waals surface area contributed by atoms with Crippen molar-refractivity contribution in [3.8, 4) is 11.5 Å². The van der Waals surface area contributed by atoms with Crippen molar-refractivity contribution in [1.29, 1.82) is 0 Å². The van der Waals surface area contributed by atoms with Gasteiger partial charge in [0.05, 0.1) is 13.7 Å². The summed E-state index contributed by atoms with van der Waals surface area (Å²) in [6, 6.07) is 12.0. The zero-order valence-corrected chi connectivity index (χ0v) is 17.6.